The predicted octanol–water partition coefficient (Wildman–Crippen LogP) is 3.23. The summed E-state index contributed by atoms with van der Waals surface area (Å²) in [5, 5.41) is 6.48. The van der Waals surface area contributed by atoms with E-state index in [0.717, 1.165) is 14.4 Å². The van der Waals surface area contributed by atoms with Gasteiger partial charge in [-0.3, -0.25) is 14.4 Å². The van der Waals surface area contributed by atoms with Crippen molar-refractivity contribution >= 4 is 49.0 Å². The zero-order valence-corrected chi connectivity index (χ0v) is 23.2. The summed E-state index contributed by atoms with van der Waals surface area (Å²) in [6.07, 6.45) is 2.07. The van der Waals surface area contributed by atoms with E-state index in [4.69, 9.17) is 0 Å². The van der Waals surface area contributed by atoms with Gasteiger partial charge >= 0.3 is 0 Å². The maximum atomic E-state index is 13.3. The summed E-state index contributed by atoms with van der Waals surface area (Å²) in [7, 11) is -3.96. The Morgan fingerprint density at radius 2 is 1.89 bits per heavy atom. The van der Waals surface area contributed by atoms with Gasteiger partial charge in [0, 0.05) is 17.4 Å². The number of ketones is 1. The first-order valence-electron chi connectivity index (χ1n) is 12.6. The number of thiophene rings is 1. The van der Waals surface area contributed by atoms with Crippen molar-refractivity contribution in [3.63, 3.8) is 0 Å². The third-order valence-corrected chi connectivity index (χ3v) is 9.25. The Bertz CT molecular complexity index is 1390. The fourth-order valence-electron chi connectivity index (χ4n) is 4.56. The minimum atomic E-state index is -3.96. The van der Waals surface area contributed by atoms with E-state index in [0.29, 0.717) is 11.3 Å². The zero-order chi connectivity index (χ0) is 27.4. The molecular weight excluding hydrogens is 524 g/mol. The summed E-state index contributed by atoms with van der Waals surface area (Å²) in [6.45, 7) is 5.51. The fraction of sp³-hybridized carbons (Fsp3) is 0.407. The van der Waals surface area contributed by atoms with Gasteiger partial charge in [0.05, 0.1) is 17.5 Å². The first-order chi connectivity index (χ1) is 18.0. The molecule has 0 radical (unpaired) electrons. The Balaban J connectivity index is 1.47. The number of hydrogen-bond donors (Lipinski definition) is 2. The van der Waals surface area contributed by atoms with E-state index in [2.05, 4.69) is 15.6 Å². The van der Waals surface area contributed by atoms with Gasteiger partial charge in [-0.15, -0.1) is 11.3 Å². The van der Waals surface area contributed by atoms with Crippen molar-refractivity contribution in [3.05, 3.63) is 59.6 Å². The van der Waals surface area contributed by atoms with E-state index in [1.54, 1.807) is 18.2 Å². The lowest BCUT2D eigenvalue weighted by Gasteiger charge is -2.23. The minimum Gasteiger partial charge on any atom is -0.344 e. The molecule has 9 nitrogen and oxygen atoms in total. The molecule has 3 atom stereocenters. The van der Waals surface area contributed by atoms with E-state index >= 15 is 0 Å². The van der Waals surface area contributed by atoms with E-state index in [1.807, 2.05) is 45.0 Å². The SMILES string of the molecule is CC(C)C[C@H](NC(=O)c1cc2ccccc2s1)C(=O)NC1CC(C)CN(S(=O)(=O)c2ccccn2)CC1=O. The highest BCUT2D eigenvalue weighted by molar-refractivity contribution is 7.89. The molecule has 1 aliphatic heterocycles. The van der Waals surface area contributed by atoms with Crippen LogP contribution in [-0.4, -0.2) is 60.5 Å². The van der Waals surface area contributed by atoms with Crippen LogP contribution in [0.25, 0.3) is 10.1 Å². The standard InChI is InChI=1S/C27H32N4O5S2/c1-17(2)12-21(30-27(34)24-14-19-8-4-5-9-23(19)37-24)26(33)29-20-13-18(3)15-31(16-22(20)32)38(35,36)25-10-6-7-11-28-25/h4-11,14,17-18,20-21H,12-13,15-16H2,1-3H3,(H,29,33)(H,30,34)/t18?,20?,21-/m0/s1. The molecule has 0 saturated carbocycles. The fourth-order valence-corrected chi connectivity index (χ4v) is 6.98. The maximum Gasteiger partial charge on any atom is 0.262 e. The second-order valence-electron chi connectivity index (χ2n) is 10.1. The summed E-state index contributed by atoms with van der Waals surface area (Å²) < 4.78 is 28.3. The van der Waals surface area contributed by atoms with E-state index in [9.17, 15) is 22.8 Å². The van der Waals surface area contributed by atoms with Crippen LogP contribution in [0, 0.1) is 11.8 Å². The molecule has 1 aliphatic rings. The summed E-state index contributed by atoms with van der Waals surface area (Å²) in [5.41, 5.74) is 0. The molecule has 0 bridgehead atoms. The van der Waals surface area contributed by atoms with Gasteiger partial charge in [0.1, 0.15) is 6.04 Å². The van der Waals surface area contributed by atoms with Crippen LogP contribution in [0.5, 0.6) is 0 Å². The lowest BCUT2D eigenvalue weighted by atomic mass is 9.98. The zero-order valence-electron chi connectivity index (χ0n) is 21.6. The average Bonchev–Trinajstić information content (AvgIpc) is 3.26. The number of carbonyl (C=O) groups is 3. The molecule has 11 heteroatoms. The molecule has 4 rings (SSSR count). The Kier molecular flexibility index (Phi) is 8.59. The number of benzene rings is 1. The molecule has 0 aliphatic carbocycles. The predicted molar refractivity (Wildman–Crippen MR) is 146 cm³/mol. The Morgan fingerprint density at radius 3 is 2.58 bits per heavy atom. The third kappa shape index (κ3) is 6.46. The van der Waals surface area contributed by atoms with Gasteiger partial charge in [-0.2, -0.15) is 4.31 Å². The highest BCUT2D eigenvalue weighted by Crippen LogP contribution is 2.26. The topological polar surface area (TPSA) is 126 Å². The van der Waals surface area contributed by atoms with Crippen molar-refractivity contribution in [2.45, 2.75) is 50.7 Å². The second-order valence-corrected chi connectivity index (χ2v) is 13.1. The number of nitrogens with one attached hydrogen (secondary N) is 2. The van der Waals surface area contributed by atoms with Crippen LogP contribution in [0.2, 0.25) is 0 Å². The van der Waals surface area contributed by atoms with Crippen molar-refractivity contribution in [2.24, 2.45) is 11.8 Å². The summed E-state index contributed by atoms with van der Waals surface area (Å²) in [6, 6.07) is 12.4. The number of hydrogen-bond acceptors (Lipinski definition) is 7. The van der Waals surface area contributed by atoms with E-state index < -0.39 is 33.8 Å². The first-order valence-corrected chi connectivity index (χ1v) is 14.8. The van der Waals surface area contributed by atoms with Gasteiger partial charge in [0.15, 0.2) is 10.8 Å². The number of aromatic nitrogens is 1. The molecule has 2 unspecified atom stereocenters. The van der Waals surface area contributed by atoms with Crippen LogP contribution in [0.4, 0.5) is 0 Å². The van der Waals surface area contributed by atoms with E-state index in [1.165, 1.54) is 23.6 Å². The summed E-state index contributed by atoms with van der Waals surface area (Å²) in [4.78, 5) is 44.0. The van der Waals surface area contributed by atoms with Crippen LogP contribution in [0.3, 0.4) is 0 Å². The van der Waals surface area contributed by atoms with Crippen molar-refractivity contribution < 1.29 is 22.8 Å². The summed E-state index contributed by atoms with van der Waals surface area (Å²) in [5.74, 6) is -1.29. The molecule has 38 heavy (non-hydrogen) atoms. The molecule has 3 heterocycles. The third-order valence-electron chi connectivity index (χ3n) is 6.41. The second kappa shape index (κ2) is 11.7. The first kappa shape index (κ1) is 27.9. The van der Waals surface area contributed by atoms with Gasteiger partial charge in [-0.1, -0.05) is 45.0 Å². The molecule has 2 aromatic heterocycles. The minimum absolute atomic E-state index is 0.108. The Morgan fingerprint density at radius 1 is 1.16 bits per heavy atom. The van der Waals surface area contributed by atoms with Crippen molar-refractivity contribution in [2.75, 3.05) is 13.1 Å². The van der Waals surface area contributed by atoms with Crippen LogP contribution in [-0.2, 0) is 19.6 Å². The van der Waals surface area contributed by atoms with Crippen LogP contribution < -0.4 is 10.6 Å². The smallest absolute Gasteiger partial charge is 0.262 e. The highest BCUT2D eigenvalue weighted by atomic mass is 32.2. The lowest BCUT2D eigenvalue weighted by Crippen LogP contribution is -2.52. The number of Topliss-reactive ketones (excluding diaryl/α,β-unsaturated/α-hetero) is 1. The monoisotopic (exact) mass is 556 g/mol. The van der Waals surface area contributed by atoms with Crippen molar-refractivity contribution in [3.8, 4) is 0 Å². The van der Waals surface area contributed by atoms with Gasteiger partial charge in [0.25, 0.3) is 15.9 Å². The largest absolute Gasteiger partial charge is 0.344 e. The number of rotatable bonds is 8. The quantitative estimate of drug-likeness (QED) is 0.439. The molecule has 0 spiro atoms. The molecule has 2 N–H and O–H groups in total. The molecule has 1 aromatic carbocycles. The lowest BCUT2D eigenvalue weighted by molar-refractivity contribution is -0.129. The number of sulfonamides is 1. The van der Waals surface area contributed by atoms with Crippen LogP contribution >= 0.6 is 11.3 Å². The van der Waals surface area contributed by atoms with Crippen LogP contribution in [0.15, 0.2) is 59.8 Å². The number of fused-ring (bicyclic) bond motifs is 1. The number of pyridine rings is 1. The average molecular weight is 557 g/mol. The summed E-state index contributed by atoms with van der Waals surface area (Å²) >= 11 is 1.35. The normalized spacial score (nSPS) is 19.7. The number of nitrogens with zero attached hydrogens (tertiary/aromatic N) is 2. The van der Waals surface area contributed by atoms with E-state index in [-0.39, 0.29) is 42.3 Å². The number of carbonyl (C=O) groups excluding carboxylic acids is 3. The molecular formula is C27H32N4O5S2. The van der Waals surface area contributed by atoms with Crippen LogP contribution in [0.1, 0.15) is 43.3 Å². The Labute approximate surface area is 226 Å². The molecule has 1 saturated heterocycles. The molecule has 2 amide bonds. The van der Waals surface area contributed by atoms with Gasteiger partial charge < -0.3 is 10.6 Å². The molecule has 1 fully saturated rings. The molecule has 202 valence electrons. The van der Waals surface area contributed by atoms with Gasteiger partial charge in [0.2, 0.25) is 5.91 Å². The van der Waals surface area contributed by atoms with Crippen molar-refractivity contribution in [1.82, 2.24) is 19.9 Å². The van der Waals surface area contributed by atoms with Gasteiger partial charge in [-0.25, -0.2) is 13.4 Å². The Hall–Kier alpha value is -3.15. The van der Waals surface area contributed by atoms with Gasteiger partial charge in [-0.05, 0) is 54.3 Å². The molecule has 3 aromatic rings. The highest BCUT2D eigenvalue weighted by Gasteiger charge is 2.37. The number of amides is 2. The van der Waals surface area contributed by atoms with Crippen molar-refractivity contribution in [1.29, 1.82) is 0 Å². The maximum absolute atomic E-state index is 13.3.